The van der Waals surface area contributed by atoms with E-state index >= 15 is 0 Å². The van der Waals surface area contributed by atoms with Gasteiger partial charge in [-0.15, -0.1) is 0 Å². The fourth-order valence-electron chi connectivity index (χ4n) is 1.29. The van der Waals surface area contributed by atoms with Gasteiger partial charge in [0.25, 0.3) is 0 Å². The zero-order valence-electron chi connectivity index (χ0n) is 9.22. The van der Waals surface area contributed by atoms with Crippen molar-refractivity contribution in [3.05, 3.63) is 18.2 Å². The molecule has 0 aliphatic carbocycles. The van der Waals surface area contributed by atoms with E-state index in [0.717, 1.165) is 12.4 Å². The van der Waals surface area contributed by atoms with Crippen LogP contribution in [0, 0.1) is 11.7 Å². The van der Waals surface area contributed by atoms with Crippen LogP contribution in [0.3, 0.4) is 0 Å². The second-order valence-electron chi connectivity index (χ2n) is 3.87. The summed E-state index contributed by atoms with van der Waals surface area (Å²) < 4.78 is 12.6. The fraction of sp³-hybridized carbons (Fsp3) is 0.500. The fourth-order valence-corrected chi connectivity index (χ4v) is 1.29. The zero-order chi connectivity index (χ0) is 12.1. The van der Waals surface area contributed by atoms with Crippen LogP contribution in [0.25, 0.3) is 0 Å². The molecule has 1 heterocycles. The zero-order valence-corrected chi connectivity index (χ0v) is 9.22. The van der Waals surface area contributed by atoms with Gasteiger partial charge in [0.15, 0.2) is 5.82 Å². The number of rotatable bonds is 5. The summed E-state index contributed by atoms with van der Waals surface area (Å²) in [5.41, 5.74) is 0. The lowest BCUT2D eigenvalue weighted by Gasteiger charge is -2.22. The highest BCUT2D eigenvalue weighted by atomic mass is 19.1. The monoisotopic (exact) mass is 227 g/mol. The Morgan fingerprint density at radius 2 is 2.06 bits per heavy atom. The van der Waals surface area contributed by atoms with Gasteiger partial charge < -0.3 is 10.0 Å². The molecule has 0 aliphatic rings. The normalized spacial score (nSPS) is 10.5. The second kappa shape index (κ2) is 5.39. The summed E-state index contributed by atoms with van der Waals surface area (Å²) in [5.74, 6) is -0.998. The first kappa shape index (κ1) is 12.4. The molecule has 1 aromatic rings. The predicted octanol–water partition coefficient (Wildman–Crippen LogP) is 1.16. The smallest absolute Gasteiger partial charge is 0.323 e. The number of hydrogen-bond acceptors (Lipinski definition) is 4. The van der Waals surface area contributed by atoms with Crippen LogP contribution in [0.1, 0.15) is 13.8 Å². The molecule has 0 atom stereocenters. The number of aromatic nitrogens is 2. The van der Waals surface area contributed by atoms with Crippen molar-refractivity contribution in [3.8, 4) is 0 Å². The highest BCUT2D eigenvalue weighted by Crippen LogP contribution is 2.09. The molecule has 0 radical (unpaired) electrons. The van der Waals surface area contributed by atoms with Crippen molar-refractivity contribution < 1.29 is 14.3 Å². The lowest BCUT2D eigenvalue weighted by atomic mass is 10.2. The minimum atomic E-state index is -0.964. The summed E-state index contributed by atoms with van der Waals surface area (Å²) in [4.78, 5) is 19.7. The van der Waals surface area contributed by atoms with Gasteiger partial charge in [-0.2, -0.15) is 0 Å². The third-order valence-electron chi connectivity index (χ3n) is 1.80. The summed E-state index contributed by atoms with van der Waals surface area (Å²) in [6, 6.07) is 0. The molecule has 0 bridgehead atoms. The van der Waals surface area contributed by atoms with Gasteiger partial charge in [0.2, 0.25) is 5.95 Å². The van der Waals surface area contributed by atoms with Gasteiger partial charge in [-0.3, -0.25) is 4.79 Å². The van der Waals surface area contributed by atoms with Crippen LogP contribution in [-0.2, 0) is 4.79 Å². The first-order valence-electron chi connectivity index (χ1n) is 4.93. The summed E-state index contributed by atoms with van der Waals surface area (Å²) in [6.45, 7) is 4.23. The van der Waals surface area contributed by atoms with E-state index in [1.54, 1.807) is 0 Å². The van der Waals surface area contributed by atoms with Gasteiger partial charge in [0.1, 0.15) is 6.54 Å². The molecule has 88 valence electrons. The topological polar surface area (TPSA) is 66.3 Å². The SMILES string of the molecule is CC(C)CN(CC(=O)O)c1ncc(F)cn1. The van der Waals surface area contributed by atoms with Crippen LogP contribution >= 0.6 is 0 Å². The van der Waals surface area contributed by atoms with Crippen LogP contribution in [-0.4, -0.2) is 34.1 Å². The first-order valence-corrected chi connectivity index (χ1v) is 4.93. The summed E-state index contributed by atoms with van der Waals surface area (Å²) in [5, 5.41) is 8.74. The van der Waals surface area contributed by atoms with E-state index in [1.807, 2.05) is 13.8 Å². The van der Waals surface area contributed by atoms with Gasteiger partial charge in [-0.1, -0.05) is 13.8 Å². The Labute approximate surface area is 92.9 Å². The van der Waals surface area contributed by atoms with E-state index in [4.69, 9.17) is 5.11 Å². The van der Waals surface area contributed by atoms with Gasteiger partial charge in [-0.05, 0) is 5.92 Å². The van der Waals surface area contributed by atoms with Crippen molar-refractivity contribution in [2.24, 2.45) is 5.92 Å². The summed E-state index contributed by atoms with van der Waals surface area (Å²) in [6.07, 6.45) is 2.05. The first-order chi connectivity index (χ1) is 7.49. The molecule has 0 aromatic carbocycles. The van der Waals surface area contributed by atoms with Crippen molar-refractivity contribution >= 4 is 11.9 Å². The minimum Gasteiger partial charge on any atom is -0.480 e. The molecule has 1 rings (SSSR count). The number of aliphatic carboxylic acids is 1. The largest absolute Gasteiger partial charge is 0.480 e. The Bertz CT molecular complexity index is 354. The van der Waals surface area contributed by atoms with Crippen molar-refractivity contribution in [2.45, 2.75) is 13.8 Å². The average molecular weight is 227 g/mol. The van der Waals surface area contributed by atoms with Crippen molar-refractivity contribution in [2.75, 3.05) is 18.0 Å². The van der Waals surface area contributed by atoms with E-state index in [-0.39, 0.29) is 18.4 Å². The lowest BCUT2D eigenvalue weighted by molar-refractivity contribution is -0.135. The third kappa shape index (κ3) is 3.80. The van der Waals surface area contributed by atoms with Crippen LogP contribution in [0.4, 0.5) is 10.3 Å². The molecule has 0 aliphatic heterocycles. The molecule has 16 heavy (non-hydrogen) atoms. The number of carbonyl (C=O) groups is 1. The molecule has 0 fully saturated rings. The second-order valence-corrected chi connectivity index (χ2v) is 3.87. The molecule has 0 saturated carbocycles. The van der Waals surface area contributed by atoms with Crippen LogP contribution in [0.2, 0.25) is 0 Å². The number of carboxylic acids is 1. The van der Waals surface area contributed by atoms with Gasteiger partial charge in [-0.25, -0.2) is 14.4 Å². The van der Waals surface area contributed by atoms with Crippen molar-refractivity contribution in [1.29, 1.82) is 0 Å². The van der Waals surface area contributed by atoms with Gasteiger partial charge >= 0.3 is 5.97 Å². The molecular weight excluding hydrogens is 213 g/mol. The van der Waals surface area contributed by atoms with Crippen molar-refractivity contribution in [1.82, 2.24) is 9.97 Å². The Morgan fingerprint density at radius 1 is 1.50 bits per heavy atom. The molecule has 6 heteroatoms. The van der Waals surface area contributed by atoms with Gasteiger partial charge in [0, 0.05) is 6.54 Å². The van der Waals surface area contributed by atoms with Crippen LogP contribution in [0.5, 0.6) is 0 Å². The Hall–Kier alpha value is -1.72. The number of halogens is 1. The summed E-state index contributed by atoms with van der Waals surface area (Å²) >= 11 is 0. The Balaban J connectivity index is 2.82. The maximum Gasteiger partial charge on any atom is 0.323 e. The number of anilines is 1. The molecule has 0 saturated heterocycles. The highest BCUT2D eigenvalue weighted by Gasteiger charge is 2.14. The third-order valence-corrected chi connectivity index (χ3v) is 1.80. The molecule has 0 spiro atoms. The number of carboxylic acid groups (broad SMARTS) is 1. The van der Waals surface area contributed by atoms with E-state index in [0.29, 0.717) is 6.54 Å². The number of hydrogen-bond donors (Lipinski definition) is 1. The Kier molecular flexibility index (Phi) is 4.16. The average Bonchev–Trinajstić information content (AvgIpc) is 2.16. The maximum atomic E-state index is 12.6. The molecule has 5 nitrogen and oxygen atoms in total. The quantitative estimate of drug-likeness (QED) is 0.817. The molecule has 1 N–H and O–H groups in total. The van der Waals surface area contributed by atoms with E-state index in [1.165, 1.54) is 4.90 Å². The van der Waals surface area contributed by atoms with Crippen LogP contribution < -0.4 is 4.90 Å². The minimum absolute atomic E-state index is 0.191. The highest BCUT2D eigenvalue weighted by molar-refractivity contribution is 5.72. The molecule has 0 unspecified atom stereocenters. The van der Waals surface area contributed by atoms with E-state index < -0.39 is 11.8 Å². The standard InChI is InChI=1S/C10H14FN3O2/c1-7(2)5-14(6-9(15)16)10-12-3-8(11)4-13-10/h3-4,7H,5-6H2,1-2H3,(H,15,16). The summed E-state index contributed by atoms with van der Waals surface area (Å²) in [7, 11) is 0. The molecule has 1 aromatic heterocycles. The van der Waals surface area contributed by atoms with Crippen molar-refractivity contribution in [3.63, 3.8) is 0 Å². The Morgan fingerprint density at radius 3 is 2.50 bits per heavy atom. The predicted molar refractivity (Wildman–Crippen MR) is 56.7 cm³/mol. The molecular formula is C10H14FN3O2. The van der Waals surface area contributed by atoms with Crippen LogP contribution in [0.15, 0.2) is 12.4 Å². The molecule has 0 amide bonds. The van der Waals surface area contributed by atoms with Gasteiger partial charge in [0.05, 0.1) is 12.4 Å². The lowest BCUT2D eigenvalue weighted by Crippen LogP contribution is -2.34. The number of nitrogens with zero attached hydrogens (tertiary/aromatic N) is 3. The van der Waals surface area contributed by atoms with E-state index in [2.05, 4.69) is 9.97 Å². The maximum absolute atomic E-state index is 12.6. The van der Waals surface area contributed by atoms with E-state index in [9.17, 15) is 9.18 Å².